The van der Waals surface area contributed by atoms with Gasteiger partial charge in [-0.25, -0.2) is 9.37 Å². The van der Waals surface area contributed by atoms with Crippen LogP contribution >= 0.6 is 0 Å². The lowest BCUT2D eigenvalue weighted by molar-refractivity contribution is -0.118. The second-order valence-corrected chi connectivity index (χ2v) is 7.05. The van der Waals surface area contributed by atoms with Crippen LogP contribution in [0.1, 0.15) is 11.3 Å². The molecule has 0 aliphatic carbocycles. The average Bonchev–Trinajstić information content (AvgIpc) is 2.79. The third-order valence-electron chi connectivity index (χ3n) is 4.67. The third-order valence-corrected chi connectivity index (χ3v) is 4.67. The normalized spacial score (nSPS) is 10.7. The average molecular weight is 433 g/mol. The molecule has 0 aliphatic rings. The standard InChI is InChI=1S/C24H20FN3O4/c1-16-9-10-17(27-23(29)15-32-20-7-3-2-6-19(20)25)12-21(16)31-14-18-13-24(30)28-11-5-4-8-22(28)26-18/h2-13H,14-15H2,1H3,(H,27,29). The number of carbonyl (C=O) groups excluding carboxylic acids is 1. The molecule has 4 aromatic rings. The number of carbonyl (C=O) groups is 1. The lowest BCUT2D eigenvalue weighted by Gasteiger charge is -2.12. The summed E-state index contributed by atoms with van der Waals surface area (Å²) in [5.41, 5.74) is 2.18. The Morgan fingerprint density at radius 3 is 2.69 bits per heavy atom. The number of ether oxygens (including phenoxy) is 2. The first kappa shape index (κ1) is 21.0. The van der Waals surface area contributed by atoms with Crippen molar-refractivity contribution in [1.29, 1.82) is 0 Å². The van der Waals surface area contributed by atoms with Crippen molar-refractivity contribution in [3.8, 4) is 11.5 Å². The number of nitrogens with zero attached hydrogens (tertiary/aromatic N) is 2. The van der Waals surface area contributed by atoms with Crippen molar-refractivity contribution in [2.45, 2.75) is 13.5 Å². The molecule has 1 amide bonds. The van der Waals surface area contributed by atoms with E-state index in [1.165, 1.54) is 22.6 Å². The van der Waals surface area contributed by atoms with Crippen molar-refractivity contribution < 1.29 is 18.7 Å². The van der Waals surface area contributed by atoms with Gasteiger partial charge < -0.3 is 14.8 Å². The van der Waals surface area contributed by atoms with Gasteiger partial charge in [-0.05, 0) is 42.8 Å². The van der Waals surface area contributed by atoms with Gasteiger partial charge in [-0.15, -0.1) is 0 Å². The molecule has 4 rings (SSSR count). The number of amides is 1. The Hall–Kier alpha value is -4.20. The van der Waals surface area contributed by atoms with E-state index in [-0.39, 0.29) is 24.5 Å². The largest absolute Gasteiger partial charge is 0.487 e. The van der Waals surface area contributed by atoms with E-state index in [9.17, 15) is 14.0 Å². The van der Waals surface area contributed by atoms with Crippen molar-refractivity contribution in [2.24, 2.45) is 0 Å². The second-order valence-electron chi connectivity index (χ2n) is 7.05. The molecule has 2 heterocycles. The van der Waals surface area contributed by atoms with Crippen LogP contribution in [0.25, 0.3) is 5.65 Å². The van der Waals surface area contributed by atoms with Crippen molar-refractivity contribution in [2.75, 3.05) is 11.9 Å². The molecule has 1 N–H and O–H groups in total. The summed E-state index contributed by atoms with van der Waals surface area (Å²) in [6.45, 7) is 1.62. The Morgan fingerprint density at radius 1 is 1.03 bits per heavy atom. The summed E-state index contributed by atoms with van der Waals surface area (Å²) in [5.74, 6) is -0.428. The molecule has 8 heteroatoms. The molecule has 32 heavy (non-hydrogen) atoms. The van der Waals surface area contributed by atoms with Gasteiger partial charge in [0.1, 0.15) is 18.0 Å². The zero-order valence-corrected chi connectivity index (χ0v) is 17.2. The highest BCUT2D eigenvalue weighted by atomic mass is 19.1. The highest BCUT2D eigenvalue weighted by molar-refractivity contribution is 5.92. The van der Waals surface area contributed by atoms with Gasteiger partial charge in [-0.2, -0.15) is 0 Å². The Bertz CT molecular complexity index is 1340. The van der Waals surface area contributed by atoms with Gasteiger partial charge in [0, 0.05) is 24.0 Å². The van der Waals surface area contributed by atoms with Crippen LogP contribution < -0.4 is 20.3 Å². The molecule has 0 aliphatic heterocycles. The van der Waals surface area contributed by atoms with Gasteiger partial charge in [0.05, 0.1) is 5.69 Å². The number of para-hydroxylation sites is 1. The molecule has 0 atom stereocenters. The smallest absolute Gasteiger partial charge is 0.262 e. The predicted molar refractivity (Wildman–Crippen MR) is 117 cm³/mol. The number of aryl methyl sites for hydroxylation is 1. The first-order valence-electron chi connectivity index (χ1n) is 9.87. The van der Waals surface area contributed by atoms with E-state index in [1.807, 2.05) is 6.92 Å². The minimum absolute atomic E-state index is 0.00868. The Labute approximate surface area is 183 Å². The monoisotopic (exact) mass is 433 g/mol. The van der Waals surface area contributed by atoms with Crippen molar-refractivity contribution in [3.05, 3.63) is 100 Å². The Kier molecular flexibility index (Phi) is 6.12. The number of halogens is 1. The van der Waals surface area contributed by atoms with Crippen LogP contribution in [0.5, 0.6) is 11.5 Å². The van der Waals surface area contributed by atoms with Crippen molar-refractivity contribution in [3.63, 3.8) is 0 Å². The van der Waals surface area contributed by atoms with E-state index in [0.29, 0.717) is 22.8 Å². The van der Waals surface area contributed by atoms with Crippen molar-refractivity contribution in [1.82, 2.24) is 9.38 Å². The molecule has 2 aromatic carbocycles. The van der Waals surface area contributed by atoms with E-state index in [1.54, 1.807) is 54.7 Å². The quantitative estimate of drug-likeness (QED) is 0.480. The summed E-state index contributed by atoms with van der Waals surface area (Å²) in [6.07, 6.45) is 1.65. The Morgan fingerprint density at radius 2 is 1.84 bits per heavy atom. The number of benzene rings is 2. The summed E-state index contributed by atoms with van der Waals surface area (Å²) in [5, 5.41) is 2.70. The highest BCUT2D eigenvalue weighted by Gasteiger charge is 2.10. The van der Waals surface area contributed by atoms with E-state index in [0.717, 1.165) is 5.56 Å². The summed E-state index contributed by atoms with van der Waals surface area (Å²) >= 11 is 0. The fraction of sp³-hybridized carbons (Fsp3) is 0.125. The third kappa shape index (κ3) is 4.92. The Balaban J connectivity index is 1.41. The number of hydrogen-bond donors (Lipinski definition) is 1. The number of aromatic nitrogens is 2. The molecular weight excluding hydrogens is 413 g/mol. The van der Waals surface area contributed by atoms with Crippen LogP contribution in [0.15, 0.2) is 77.7 Å². The zero-order valence-electron chi connectivity index (χ0n) is 17.2. The number of fused-ring (bicyclic) bond motifs is 1. The fourth-order valence-electron chi connectivity index (χ4n) is 3.06. The molecule has 0 fully saturated rings. The second kappa shape index (κ2) is 9.30. The first-order valence-corrected chi connectivity index (χ1v) is 9.87. The molecule has 162 valence electrons. The minimum atomic E-state index is -0.534. The first-order chi connectivity index (χ1) is 15.5. The van der Waals surface area contributed by atoms with Crippen molar-refractivity contribution >= 4 is 17.2 Å². The SMILES string of the molecule is Cc1ccc(NC(=O)COc2ccccc2F)cc1OCc1cc(=O)n2ccccc2n1. The maximum absolute atomic E-state index is 13.6. The van der Waals surface area contributed by atoms with Gasteiger partial charge >= 0.3 is 0 Å². The lowest BCUT2D eigenvalue weighted by Crippen LogP contribution is -2.20. The maximum Gasteiger partial charge on any atom is 0.262 e. The number of rotatable bonds is 7. The van der Waals surface area contributed by atoms with Crippen LogP contribution in [-0.2, 0) is 11.4 Å². The van der Waals surface area contributed by atoms with Crippen LogP contribution in [-0.4, -0.2) is 21.9 Å². The van der Waals surface area contributed by atoms with E-state index in [4.69, 9.17) is 9.47 Å². The molecule has 0 radical (unpaired) electrons. The van der Waals surface area contributed by atoms with E-state index in [2.05, 4.69) is 10.3 Å². The predicted octanol–water partition coefficient (Wildman–Crippen LogP) is 3.74. The number of anilines is 1. The summed E-state index contributed by atoms with van der Waals surface area (Å²) in [6, 6.07) is 17.8. The van der Waals surface area contributed by atoms with Gasteiger partial charge in [0.2, 0.25) is 0 Å². The zero-order chi connectivity index (χ0) is 22.5. The molecule has 2 aromatic heterocycles. The van der Waals surface area contributed by atoms with Crippen LogP contribution in [0.3, 0.4) is 0 Å². The summed E-state index contributed by atoms with van der Waals surface area (Å²) in [4.78, 5) is 28.8. The molecule has 0 unspecified atom stereocenters. The molecule has 0 saturated carbocycles. The van der Waals surface area contributed by atoms with Gasteiger partial charge in [0.25, 0.3) is 11.5 Å². The maximum atomic E-state index is 13.6. The topological polar surface area (TPSA) is 81.9 Å². The van der Waals surface area contributed by atoms with Crippen LogP contribution in [0.4, 0.5) is 10.1 Å². The minimum Gasteiger partial charge on any atom is -0.487 e. The number of pyridine rings is 1. The lowest BCUT2D eigenvalue weighted by atomic mass is 10.2. The number of nitrogens with one attached hydrogen (secondary N) is 1. The fourth-order valence-corrected chi connectivity index (χ4v) is 3.06. The van der Waals surface area contributed by atoms with Gasteiger partial charge in [-0.1, -0.05) is 24.3 Å². The summed E-state index contributed by atoms with van der Waals surface area (Å²) < 4.78 is 26.1. The highest BCUT2D eigenvalue weighted by Crippen LogP contribution is 2.24. The van der Waals surface area contributed by atoms with Crippen LogP contribution in [0, 0.1) is 12.7 Å². The van der Waals surface area contributed by atoms with E-state index < -0.39 is 11.7 Å². The van der Waals surface area contributed by atoms with Crippen LogP contribution in [0.2, 0.25) is 0 Å². The van der Waals surface area contributed by atoms with Gasteiger partial charge in [-0.3, -0.25) is 14.0 Å². The molecule has 0 spiro atoms. The van der Waals surface area contributed by atoms with E-state index >= 15 is 0 Å². The molecule has 7 nitrogen and oxygen atoms in total. The van der Waals surface area contributed by atoms with Gasteiger partial charge in [0.15, 0.2) is 18.2 Å². The molecule has 0 saturated heterocycles. The molecule has 0 bridgehead atoms. The number of hydrogen-bond acceptors (Lipinski definition) is 5. The summed E-state index contributed by atoms with van der Waals surface area (Å²) in [7, 11) is 0. The molecular formula is C24H20FN3O4.